The monoisotopic (exact) mass is 524 g/mol. The van der Waals surface area contributed by atoms with Crippen molar-refractivity contribution < 1.29 is 9.47 Å². The lowest BCUT2D eigenvalue weighted by Gasteiger charge is -2.27. The smallest absolute Gasteiger partial charge is 0.191 e. The van der Waals surface area contributed by atoms with Gasteiger partial charge in [-0.05, 0) is 22.3 Å². The van der Waals surface area contributed by atoms with Gasteiger partial charge in [0.1, 0.15) is 0 Å². The Kier molecular flexibility index (Phi) is 11.1. The Bertz CT molecular complexity index is 794. The zero-order chi connectivity index (χ0) is 20.3. The molecule has 1 fully saturated rings. The lowest BCUT2D eigenvalue weighted by atomic mass is 10.1. The number of guanidine groups is 1. The molecule has 3 rings (SSSR count). The van der Waals surface area contributed by atoms with Crippen molar-refractivity contribution in [3.05, 3.63) is 70.8 Å². The Balaban J connectivity index is 0.00000320. The standard InChI is InChI=1S/C23H32N4O2.HI/c1-24-23(26-16-20-8-4-6-10-22(20)18-28-2)25-15-19-7-3-5-9-21(19)17-27-11-13-29-14-12-27;/h3-10H,11-18H2,1-2H3,(H2,24,25,26);1H. The molecule has 0 spiro atoms. The molecule has 0 aromatic heterocycles. The second-order valence-corrected chi connectivity index (χ2v) is 7.14. The zero-order valence-electron chi connectivity index (χ0n) is 17.9. The van der Waals surface area contributed by atoms with Crippen molar-refractivity contribution >= 4 is 29.9 Å². The molecule has 0 unspecified atom stereocenters. The minimum atomic E-state index is 0. The number of halogens is 1. The van der Waals surface area contributed by atoms with E-state index in [-0.39, 0.29) is 24.0 Å². The summed E-state index contributed by atoms with van der Waals surface area (Å²) in [6.07, 6.45) is 0. The molecule has 30 heavy (non-hydrogen) atoms. The van der Waals surface area contributed by atoms with Crippen LogP contribution in [0.3, 0.4) is 0 Å². The summed E-state index contributed by atoms with van der Waals surface area (Å²) in [5.41, 5.74) is 5.04. The summed E-state index contributed by atoms with van der Waals surface area (Å²) < 4.78 is 10.8. The number of morpholine rings is 1. The van der Waals surface area contributed by atoms with Crippen LogP contribution < -0.4 is 10.6 Å². The van der Waals surface area contributed by atoms with Crippen LogP contribution in [0.2, 0.25) is 0 Å². The van der Waals surface area contributed by atoms with Crippen molar-refractivity contribution in [2.24, 2.45) is 4.99 Å². The average molecular weight is 524 g/mol. The molecule has 0 radical (unpaired) electrons. The fraction of sp³-hybridized carbons (Fsp3) is 0.435. The second-order valence-electron chi connectivity index (χ2n) is 7.14. The average Bonchev–Trinajstić information content (AvgIpc) is 2.77. The van der Waals surface area contributed by atoms with Gasteiger partial charge in [0.05, 0.1) is 19.8 Å². The maximum Gasteiger partial charge on any atom is 0.191 e. The number of hydrogen-bond acceptors (Lipinski definition) is 4. The summed E-state index contributed by atoms with van der Waals surface area (Å²) in [6, 6.07) is 16.9. The summed E-state index contributed by atoms with van der Waals surface area (Å²) in [5, 5.41) is 6.86. The topological polar surface area (TPSA) is 58.1 Å². The first kappa shape index (κ1) is 24.6. The molecule has 7 heteroatoms. The number of hydrogen-bond donors (Lipinski definition) is 2. The summed E-state index contributed by atoms with van der Waals surface area (Å²) in [6.45, 7) is 6.63. The van der Waals surface area contributed by atoms with E-state index in [1.54, 1.807) is 14.2 Å². The number of benzene rings is 2. The minimum absolute atomic E-state index is 0. The molecule has 6 nitrogen and oxygen atoms in total. The van der Waals surface area contributed by atoms with E-state index < -0.39 is 0 Å². The first-order valence-electron chi connectivity index (χ1n) is 10.2. The third-order valence-electron chi connectivity index (χ3n) is 5.15. The lowest BCUT2D eigenvalue weighted by Crippen LogP contribution is -2.37. The van der Waals surface area contributed by atoms with Gasteiger partial charge in [-0.25, -0.2) is 0 Å². The third-order valence-corrected chi connectivity index (χ3v) is 5.15. The molecule has 1 saturated heterocycles. The molecule has 0 saturated carbocycles. The predicted octanol–water partition coefficient (Wildman–Crippen LogP) is 3.15. The Morgan fingerprint density at radius 1 is 0.933 bits per heavy atom. The van der Waals surface area contributed by atoms with Gasteiger partial charge in [0.25, 0.3) is 0 Å². The summed E-state index contributed by atoms with van der Waals surface area (Å²) in [5.74, 6) is 0.790. The van der Waals surface area contributed by atoms with Crippen LogP contribution in [0, 0.1) is 0 Å². The molecular formula is C23H33IN4O2. The summed E-state index contributed by atoms with van der Waals surface area (Å²) in [7, 11) is 3.52. The number of nitrogens with zero attached hydrogens (tertiary/aromatic N) is 2. The van der Waals surface area contributed by atoms with E-state index in [0.717, 1.165) is 45.4 Å². The molecule has 2 aromatic carbocycles. The van der Waals surface area contributed by atoms with E-state index in [1.165, 1.54) is 22.3 Å². The van der Waals surface area contributed by atoms with Gasteiger partial charge in [0.15, 0.2) is 5.96 Å². The molecule has 1 aliphatic heterocycles. The molecule has 2 N–H and O–H groups in total. The van der Waals surface area contributed by atoms with Crippen LogP contribution in [0.25, 0.3) is 0 Å². The summed E-state index contributed by atoms with van der Waals surface area (Å²) >= 11 is 0. The van der Waals surface area contributed by atoms with Crippen LogP contribution in [0.1, 0.15) is 22.3 Å². The molecule has 0 bridgehead atoms. The maximum atomic E-state index is 5.46. The van der Waals surface area contributed by atoms with E-state index >= 15 is 0 Å². The van der Waals surface area contributed by atoms with Gasteiger partial charge in [-0.3, -0.25) is 9.89 Å². The van der Waals surface area contributed by atoms with E-state index in [9.17, 15) is 0 Å². The van der Waals surface area contributed by atoms with Crippen molar-refractivity contribution in [2.45, 2.75) is 26.2 Å². The number of nitrogens with one attached hydrogen (secondary N) is 2. The highest BCUT2D eigenvalue weighted by atomic mass is 127. The molecule has 1 aliphatic rings. The quantitative estimate of drug-likeness (QED) is 0.316. The van der Waals surface area contributed by atoms with Crippen LogP contribution >= 0.6 is 24.0 Å². The molecule has 0 atom stereocenters. The lowest BCUT2D eigenvalue weighted by molar-refractivity contribution is 0.0341. The zero-order valence-corrected chi connectivity index (χ0v) is 20.2. The second kappa shape index (κ2) is 13.6. The van der Waals surface area contributed by atoms with Gasteiger partial charge in [0, 0.05) is 46.9 Å². The highest BCUT2D eigenvalue weighted by Gasteiger charge is 2.13. The number of ether oxygens (including phenoxy) is 2. The highest BCUT2D eigenvalue weighted by molar-refractivity contribution is 14.0. The van der Waals surface area contributed by atoms with Crippen LogP contribution in [0.4, 0.5) is 0 Å². The SMILES string of the molecule is CN=C(NCc1ccccc1COC)NCc1ccccc1CN1CCOCC1.I. The van der Waals surface area contributed by atoms with Crippen LogP contribution in [-0.4, -0.2) is 51.3 Å². The van der Waals surface area contributed by atoms with Crippen molar-refractivity contribution in [3.8, 4) is 0 Å². The van der Waals surface area contributed by atoms with Crippen molar-refractivity contribution in [1.82, 2.24) is 15.5 Å². The normalized spacial score (nSPS) is 14.8. The largest absolute Gasteiger partial charge is 0.380 e. The molecule has 164 valence electrons. The Morgan fingerprint density at radius 3 is 2.03 bits per heavy atom. The molecule has 1 heterocycles. The van der Waals surface area contributed by atoms with E-state index in [2.05, 4.69) is 56.9 Å². The van der Waals surface area contributed by atoms with Gasteiger partial charge in [0.2, 0.25) is 0 Å². The van der Waals surface area contributed by atoms with Crippen molar-refractivity contribution in [3.63, 3.8) is 0 Å². The predicted molar refractivity (Wildman–Crippen MR) is 132 cm³/mol. The Morgan fingerprint density at radius 2 is 1.47 bits per heavy atom. The number of aliphatic imine (C=N–C) groups is 1. The van der Waals surface area contributed by atoms with E-state index in [0.29, 0.717) is 13.2 Å². The van der Waals surface area contributed by atoms with Gasteiger partial charge < -0.3 is 20.1 Å². The number of rotatable bonds is 8. The van der Waals surface area contributed by atoms with E-state index in [1.807, 2.05) is 12.1 Å². The van der Waals surface area contributed by atoms with E-state index in [4.69, 9.17) is 9.47 Å². The Labute approximate surface area is 197 Å². The summed E-state index contributed by atoms with van der Waals surface area (Å²) in [4.78, 5) is 6.82. The highest BCUT2D eigenvalue weighted by Crippen LogP contribution is 2.13. The first-order chi connectivity index (χ1) is 14.3. The van der Waals surface area contributed by atoms with Gasteiger partial charge in [-0.15, -0.1) is 24.0 Å². The fourth-order valence-electron chi connectivity index (χ4n) is 3.49. The maximum absolute atomic E-state index is 5.46. The third kappa shape index (κ3) is 7.54. The Hall–Kier alpha value is -1.68. The van der Waals surface area contributed by atoms with Gasteiger partial charge >= 0.3 is 0 Å². The fourth-order valence-corrected chi connectivity index (χ4v) is 3.49. The number of methoxy groups -OCH3 is 1. The van der Waals surface area contributed by atoms with Gasteiger partial charge in [-0.1, -0.05) is 48.5 Å². The molecular weight excluding hydrogens is 491 g/mol. The molecule has 0 amide bonds. The first-order valence-corrected chi connectivity index (χ1v) is 10.2. The van der Waals surface area contributed by atoms with Gasteiger partial charge in [-0.2, -0.15) is 0 Å². The van der Waals surface area contributed by atoms with Crippen molar-refractivity contribution in [1.29, 1.82) is 0 Å². The van der Waals surface area contributed by atoms with Crippen LogP contribution in [0.15, 0.2) is 53.5 Å². The van der Waals surface area contributed by atoms with Crippen molar-refractivity contribution in [2.75, 3.05) is 40.5 Å². The molecule has 2 aromatic rings. The minimum Gasteiger partial charge on any atom is -0.380 e. The van der Waals surface area contributed by atoms with Crippen LogP contribution in [0.5, 0.6) is 0 Å². The molecule has 0 aliphatic carbocycles. The van der Waals surface area contributed by atoms with Crippen LogP contribution in [-0.2, 0) is 35.7 Å².